The van der Waals surface area contributed by atoms with Crippen LogP contribution in [0.3, 0.4) is 0 Å². The Balaban J connectivity index is 1.22. The first-order chi connectivity index (χ1) is 16.0. The van der Waals surface area contributed by atoms with Crippen LogP contribution < -0.4 is 10.3 Å². The van der Waals surface area contributed by atoms with Crippen LogP contribution in [0.15, 0.2) is 53.7 Å². The quantitative estimate of drug-likeness (QED) is 0.505. The molecule has 7 nitrogen and oxygen atoms in total. The Morgan fingerprint density at radius 1 is 1.18 bits per heavy atom. The first kappa shape index (κ1) is 21.2. The predicted molar refractivity (Wildman–Crippen MR) is 129 cm³/mol. The third-order valence-corrected chi connectivity index (χ3v) is 6.83. The maximum atomic E-state index is 12.9. The Hall–Kier alpha value is -3.61. The molecule has 1 aliphatic rings. The second-order valence-corrected chi connectivity index (χ2v) is 8.77. The summed E-state index contributed by atoms with van der Waals surface area (Å²) in [5.74, 6) is 1.35. The smallest absolute Gasteiger partial charge is 0.261 e. The van der Waals surface area contributed by atoms with E-state index in [-0.39, 0.29) is 11.5 Å². The van der Waals surface area contributed by atoms with Crippen LogP contribution in [0, 0.1) is 6.92 Å². The molecule has 0 radical (unpaired) electrons. The molecule has 0 saturated carbocycles. The lowest BCUT2D eigenvalue weighted by Crippen LogP contribution is -2.38. The van der Waals surface area contributed by atoms with E-state index in [1.54, 1.807) is 24.1 Å². The molecule has 2 aromatic carbocycles. The average Bonchev–Trinajstić information content (AvgIpc) is 3.27. The van der Waals surface area contributed by atoms with Gasteiger partial charge in [-0.1, -0.05) is 12.1 Å². The van der Waals surface area contributed by atoms with Crippen LogP contribution in [0.5, 0.6) is 5.75 Å². The monoisotopic (exact) mass is 444 g/mol. The van der Waals surface area contributed by atoms with Crippen molar-refractivity contribution in [3.05, 3.63) is 70.4 Å². The molecule has 1 aliphatic heterocycles. The van der Waals surface area contributed by atoms with Crippen LogP contribution in [-0.4, -0.2) is 45.5 Å². The number of amides is 1. The highest BCUT2D eigenvalue weighted by atomic mass is 16.5. The van der Waals surface area contributed by atoms with E-state index >= 15 is 0 Å². The van der Waals surface area contributed by atoms with Gasteiger partial charge < -0.3 is 14.6 Å². The van der Waals surface area contributed by atoms with Crippen molar-refractivity contribution < 1.29 is 9.53 Å². The Bertz CT molecular complexity index is 1380. The van der Waals surface area contributed by atoms with Crippen LogP contribution in [0.1, 0.15) is 36.3 Å². The number of nitrogens with zero attached hydrogens (tertiary/aromatic N) is 3. The Kier molecular flexibility index (Phi) is 5.62. The molecule has 1 fully saturated rings. The number of aryl methyl sites for hydroxylation is 2. The third kappa shape index (κ3) is 3.99. The molecule has 0 atom stereocenters. The van der Waals surface area contributed by atoms with Crippen molar-refractivity contribution in [2.24, 2.45) is 0 Å². The molecule has 170 valence electrons. The number of ether oxygens (including phenoxy) is 1. The summed E-state index contributed by atoms with van der Waals surface area (Å²) in [6, 6.07) is 11.7. The second-order valence-electron chi connectivity index (χ2n) is 8.77. The maximum Gasteiger partial charge on any atom is 0.261 e. The standard InChI is InChI=1S/C26H28N4O3/c1-17-4-3-5-20-25(17)28-16-30(26(20)32)13-10-24(31)29-11-8-18(9-12-29)22-15-27-23-7-6-19(33-2)14-21(22)23/h3-7,14-16,18,27H,8-13H2,1-2H3. The maximum absolute atomic E-state index is 12.9. The predicted octanol–water partition coefficient (Wildman–Crippen LogP) is 3.99. The number of hydrogen-bond donors (Lipinski definition) is 1. The summed E-state index contributed by atoms with van der Waals surface area (Å²) in [6.45, 7) is 3.74. The van der Waals surface area contributed by atoms with Crippen molar-refractivity contribution in [3.8, 4) is 5.75 Å². The minimum atomic E-state index is -0.0926. The number of carbonyl (C=O) groups excluding carboxylic acids is 1. The Morgan fingerprint density at radius 2 is 2.00 bits per heavy atom. The van der Waals surface area contributed by atoms with Crippen molar-refractivity contribution in [1.82, 2.24) is 19.4 Å². The van der Waals surface area contributed by atoms with Crippen LogP contribution in [0.2, 0.25) is 0 Å². The molecule has 33 heavy (non-hydrogen) atoms. The number of nitrogens with one attached hydrogen (secondary N) is 1. The lowest BCUT2D eigenvalue weighted by Gasteiger charge is -2.32. The van der Waals surface area contributed by atoms with Crippen LogP contribution in [0.4, 0.5) is 0 Å². The zero-order valence-electron chi connectivity index (χ0n) is 19.0. The first-order valence-electron chi connectivity index (χ1n) is 11.4. The molecule has 0 bridgehead atoms. The van der Waals surface area contributed by atoms with Crippen molar-refractivity contribution in [3.63, 3.8) is 0 Å². The van der Waals surface area contributed by atoms with E-state index in [1.165, 1.54) is 10.9 Å². The number of benzene rings is 2. The van der Waals surface area contributed by atoms with Gasteiger partial charge in [0.05, 0.1) is 24.3 Å². The Labute approximate surface area is 192 Å². The van der Waals surface area contributed by atoms with Gasteiger partial charge in [0.1, 0.15) is 5.75 Å². The van der Waals surface area contributed by atoms with Gasteiger partial charge in [0, 0.05) is 43.2 Å². The highest BCUT2D eigenvalue weighted by Crippen LogP contribution is 2.34. The molecular weight excluding hydrogens is 416 g/mol. The first-order valence-corrected chi connectivity index (χ1v) is 11.4. The van der Waals surface area contributed by atoms with Gasteiger partial charge in [-0.25, -0.2) is 4.98 Å². The molecule has 4 aromatic rings. The van der Waals surface area contributed by atoms with E-state index in [0.29, 0.717) is 24.3 Å². The van der Waals surface area contributed by atoms with Crippen molar-refractivity contribution >= 4 is 27.7 Å². The minimum Gasteiger partial charge on any atom is -0.497 e. The molecule has 0 aliphatic carbocycles. The summed E-state index contributed by atoms with van der Waals surface area (Å²) in [5.41, 5.74) is 4.00. The van der Waals surface area contributed by atoms with Gasteiger partial charge in [-0.2, -0.15) is 0 Å². The largest absolute Gasteiger partial charge is 0.497 e. The lowest BCUT2D eigenvalue weighted by atomic mass is 9.89. The van der Waals surface area contributed by atoms with Crippen LogP contribution in [0.25, 0.3) is 21.8 Å². The molecule has 2 aromatic heterocycles. The summed E-state index contributed by atoms with van der Waals surface area (Å²) >= 11 is 0. The van der Waals surface area contributed by atoms with E-state index < -0.39 is 0 Å². The number of aromatic amines is 1. The number of para-hydroxylation sites is 1. The van der Waals surface area contributed by atoms with Gasteiger partial charge in [0.15, 0.2) is 0 Å². The average molecular weight is 445 g/mol. The zero-order chi connectivity index (χ0) is 22.9. The van der Waals surface area contributed by atoms with Crippen LogP contribution >= 0.6 is 0 Å². The van der Waals surface area contributed by atoms with E-state index in [4.69, 9.17) is 4.74 Å². The molecule has 1 saturated heterocycles. The molecule has 5 rings (SSSR count). The minimum absolute atomic E-state index is 0.0882. The molecule has 7 heteroatoms. The van der Waals surface area contributed by atoms with Gasteiger partial charge >= 0.3 is 0 Å². The van der Waals surface area contributed by atoms with Gasteiger partial charge in [-0.05, 0) is 61.1 Å². The van der Waals surface area contributed by atoms with E-state index in [0.717, 1.165) is 48.3 Å². The number of fused-ring (bicyclic) bond motifs is 2. The fraction of sp³-hybridized carbons (Fsp3) is 0.346. The van der Waals surface area contributed by atoms with Gasteiger partial charge in [-0.15, -0.1) is 0 Å². The molecule has 0 unspecified atom stereocenters. The van der Waals surface area contributed by atoms with Crippen LogP contribution in [-0.2, 0) is 11.3 Å². The second kappa shape index (κ2) is 8.73. The molecule has 3 heterocycles. The number of H-pyrrole nitrogens is 1. The summed E-state index contributed by atoms with van der Waals surface area (Å²) < 4.78 is 6.94. The van der Waals surface area contributed by atoms with Gasteiger partial charge in [0.25, 0.3) is 5.56 Å². The third-order valence-electron chi connectivity index (χ3n) is 6.83. The number of rotatable bonds is 5. The SMILES string of the molecule is COc1ccc2[nH]cc(C3CCN(C(=O)CCn4cnc5c(C)cccc5c4=O)CC3)c2c1. The topological polar surface area (TPSA) is 80.2 Å². The summed E-state index contributed by atoms with van der Waals surface area (Å²) in [6.07, 6.45) is 5.79. The number of likely N-dealkylation sites (tertiary alicyclic amines) is 1. The molecule has 1 N–H and O–H groups in total. The summed E-state index contributed by atoms with van der Waals surface area (Å²) in [7, 11) is 1.68. The van der Waals surface area contributed by atoms with Crippen molar-refractivity contribution in [2.45, 2.75) is 38.6 Å². The Morgan fingerprint density at radius 3 is 2.79 bits per heavy atom. The molecular formula is C26H28N4O3. The highest BCUT2D eigenvalue weighted by molar-refractivity contribution is 5.85. The van der Waals surface area contributed by atoms with Crippen molar-refractivity contribution in [1.29, 1.82) is 0 Å². The number of hydrogen-bond acceptors (Lipinski definition) is 4. The lowest BCUT2D eigenvalue weighted by molar-refractivity contribution is -0.132. The normalized spacial score (nSPS) is 14.8. The highest BCUT2D eigenvalue weighted by Gasteiger charge is 2.25. The fourth-order valence-corrected chi connectivity index (χ4v) is 4.90. The molecule has 0 spiro atoms. The number of piperidine rings is 1. The fourth-order valence-electron chi connectivity index (χ4n) is 4.90. The van der Waals surface area contributed by atoms with E-state index in [1.807, 2.05) is 36.1 Å². The van der Waals surface area contributed by atoms with E-state index in [2.05, 4.69) is 22.2 Å². The van der Waals surface area contributed by atoms with Gasteiger partial charge in [0.2, 0.25) is 5.91 Å². The number of methoxy groups -OCH3 is 1. The summed E-state index contributed by atoms with van der Waals surface area (Å²) in [5, 5.41) is 1.79. The zero-order valence-corrected chi connectivity index (χ0v) is 19.0. The number of aromatic nitrogens is 3. The van der Waals surface area contributed by atoms with Gasteiger partial charge in [-0.3, -0.25) is 14.2 Å². The molecule has 1 amide bonds. The summed E-state index contributed by atoms with van der Waals surface area (Å²) in [4.78, 5) is 35.4. The number of carbonyl (C=O) groups is 1. The van der Waals surface area contributed by atoms with Crippen molar-refractivity contribution in [2.75, 3.05) is 20.2 Å². The van der Waals surface area contributed by atoms with E-state index in [9.17, 15) is 9.59 Å².